The van der Waals surface area contributed by atoms with Crippen LogP contribution < -0.4 is 58.7 Å². The summed E-state index contributed by atoms with van der Waals surface area (Å²) in [6.45, 7) is -4.14. The number of phosphoric ester groups is 4. The molecule has 0 bridgehead atoms. The third-order valence-electron chi connectivity index (χ3n) is 7.41. The molecule has 0 rings (SSSR count). The minimum absolute atomic E-state index is 0. The first-order chi connectivity index (χ1) is 35.7. The first-order valence-electron chi connectivity index (χ1n) is 19.1. The average molecular weight is 1430 g/mol. The van der Waals surface area contributed by atoms with E-state index in [0.717, 1.165) is 0 Å². The van der Waals surface area contributed by atoms with Crippen molar-refractivity contribution in [2.45, 2.75) is 97.7 Å². The monoisotopic (exact) mass is 1430 g/mol. The molecule has 0 aliphatic rings. The standard InChI is InChI=1S/4C6H14O12P2.2Ca/c4*7-1-3(9)5(10)6(11)4(2-8)17-20(15,16)18-19(12,13)14;;/h4*2-7,9-11H,1H2,(H,15,16)(H2,12,13,14);;/q;;;;2*+2/p-12. The number of rotatable bonds is 36. The van der Waals surface area contributed by atoms with Crippen LogP contribution in [-0.2, 0) is 91.0 Å². The summed E-state index contributed by atoms with van der Waals surface area (Å²) in [7, 11) is -47.1. The quantitative estimate of drug-likeness (QED) is 0.0157. The molecular weight excluding hydrogens is 1380 g/mol. The fourth-order valence-electron chi connectivity index (χ4n) is 3.95. The largest absolute Gasteiger partial charge is 2.00 e. The van der Waals surface area contributed by atoms with Crippen molar-refractivity contribution in [3.8, 4) is 0 Å². The molecule has 0 aromatic rings. The molecule has 16 N–H and O–H groups in total. The van der Waals surface area contributed by atoms with Crippen molar-refractivity contribution >= 4 is 163 Å². The first-order valence-corrected chi connectivity index (χ1v) is 30.7. The second-order valence-electron chi connectivity index (χ2n) is 13.7. The number of carbonyl (C=O) groups excluding carboxylic acids is 4. The van der Waals surface area contributed by atoms with Gasteiger partial charge in [-0.1, -0.05) is 0 Å². The van der Waals surface area contributed by atoms with Gasteiger partial charge in [-0.2, -0.15) is 0 Å². The summed E-state index contributed by atoms with van der Waals surface area (Å²) in [5.41, 5.74) is 0. The maximum Gasteiger partial charge on any atom is 2.00 e. The molecule has 0 saturated carbocycles. The summed E-state index contributed by atoms with van der Waals surface area (Å²) in [5, 5.41) is 144. The van der Waals surface area contributed by atoms with Crippen LogP contribution in [0.3, 0.4) is 0 Å². The zero-order valence-electron chi connectivity index (χ0n) is 39.6. The maximum atomic E-state index is 10.9. The summed E-state index contributed by atoms with van der Waals surface area (Å²) >= 11 is 0. The Morgan fingerprint density at radius 3 is 0.488 bits per heavy atom. The summed E-state index contributed by atoms with van der Waals surface area (Å²) in [5.74, 6) is 0. The van der Waals surface area contributed by atoms with E-state index in [1.807, 2.05) is 0 Å². The van der Waals surface area contributed by atoms with Crippen LogP contribution in [0.5, 0.6) is 0 Å². The van der Waals surface area contributed by atoms with E-state index in [2.05, 4.69) is 35.3 Å². The second-order valence-corrected chi connectivity index (χ2v) is 24.3. The third-order valence-corrected chi connectivity index (χ3v) is 15.8. The van der Waals surface area contributed by atoms with Gasteiger partial charge in [0.2, 0.25) is 0 Å². The summed E-state index contributed by atoms with van der Waals surface area (Å²) < 4.78 is 111. The number of aldehydes is 4. The van der Waals surface area contributed by atoms with Gasteiger partial charge in [0.1, 0.15) is 97.7 Å². The van der Waals surface area contributed by atoms with Crippen molar-refractivity contribution in [3.63, 3.8) is 0 Å². The molecule has 0 heterocycles. The fraction of sp³-hybridized carbons (Fsp3) is 0.833. The Labute approximate surface area is 515 Å². The maximum absolute atomic E-state index is 10.9. The van der Waals surface area contributed by atoms with E-state index < -0.39 is 187 Å². The molecule has 58 heteroatoms. The number of aliphatic hydroxyl groups is 16. The van der Waals surface area contributed by atoms with Gasteiger partial charge in [-0.15, -0.1) is 0 Å². The predicted octanol–water partition coefficient (Wildman–Crippen LogP) is -20.9. The van der Waals surface area contributed by atoms with E-state index in [1.54, 1.807) is 0 Å². The van der Waals surface area contributed by atoms with Crippen molar-refractivity contribution in [1.82, 2.24) is 0 Å². The number of carbonyl (C=O) groups is 4. The van der Waals surface area contributed by atoms with Gasteiger partial charge < -0.3 is 196 Å². The molecule has 82 heavy (non-hydrogen) atoms. The smallest absolute Gasteiger partial charge is 0.790 e. The fourth-order valence-corrected chi connectivity index (χ4v) is 10.4. The molecular formula is C24H44Ca2O48P8-8. The SMILES string of the molecule is O=CC(OP(=O)([O-])OP(=O)([O-])[O-])C(O)C(O)C(O)CO.O=CC(OP(=O)([O-])OP(=O)([O-])[O-])C(O)C(O)C(O)CO.O=CC(OP(=O)([O-])OP(=O)([O-])[O-])C(O)C(O)C(O)CO.O=CC(OP(=O)([O-])OP(=O)([O-])[O-])C(O)C(O)C(O)CO.[Ca+2].[Ca+2]. The predicted molar refractivity (Wildman–Crippen MR) is 221 cm³/mol. The topological polar surface area (TPSA) is 879 Å². The van der Waals surface area contributed by atoms with Crippen molar-refractivity contribution in [2.24, 2.45) is 0 Å². The minimum Gasteiger partial charge on any atom is -0.790 e. The minimum atomic E-state index is -5.98. The molecule has 20 unspecified atom stereocenters. The number of hydrogen-bond acceptors (Lipinski definition) is 48. The van der Waals surface area contributed by atoms with Crippen LogP contribution in [-0.4, -0.2) is 306 Å². The molecule has 0 fully saturated rings. The van der Waals surface area contributed by atoms with Gasteiger partial charge >= 0.3 is 75.5 Å². The molecule has 0 aromatic heterocycles. The normalized spacial score (nSPS) is 21.0. The van der Waals surface area contributed by atoms with E-state index >= 15 is 0 Å². The van der Waals surface area contributed by atoms with Crippen LogP contribution in [0.2, 0.25) is 0 Å². The number of hydrogen-bond donors (Lipinski definition) is 16. The van der Waals surface area contributed by atoms with Crippen molar-refractivity contribution in [3.05, 3.63) is 0 Å². The molecule has 0 aliphatic carbocycles. The van der Waals surface area contributed by atoms with Crippen LogP contribution in [0.15, 0.2) is 0 Å². The average Bonchev–Trinajstić information content (AvgIpc) is 3.30. The van der Waals surface area contributed by atoms with Crippen molar-refractivity contribution in [1.29, 1.82) is 0 Å². The molecule has 0 aromatic carbocycles. The van der Waals surface area contributed by atoms with E-state index in [0.29, 0.717) is 0 Å². The van der Waals surface area contributed by atoms with Gasteiger partial charge in [0.25, 0.3) is 31.3 Å². The Morgan fingerprint density at radius 2 is 0.402 bits per heavy atom. The molecule has 480 valence electrons. The van der Waals surface area contributed by atoms with Gasteiger partial charge in [-0.25, -0.2) is 0 Å². The molecule has 0 saturated heterocycles. The first kappa shape index (κ1) is 94.7. The molecule has 0 radical (unpaired) electrons. The molecule has 0 amide bonds. The van der Waals surface area contributed by atoms with Crippen LogP contribution in [0.25, 0.3) is 0 Å². The van der Waals surface area contributed by atoms with Gasteiger partial charge in [-0.05, 0) is 0 Å². The molecule has 20 atom stereocenters. The van der Waals surface area contributed by atoms with E-state index in [9.17, 15) is 155 Å². The van der Waals surface area contributed by atoms with Gasteiger partial charge in [-0.3, -0.25) is 35.5 Å². The molecule has 48 nitrogen and oxygen atoms in total. The zero-order valence-corrected chi connectivity index (χ0v) is 51.2. The summed E-state index contributed by atoms with van der Waals surface area (Å²) in [6.07, 6.45) is -36.8. The molecule has 0 aliphatic heterocycles. The van der Waals surface area contributed by atoms with Gasteiger partial charge in [0.05, 0.1) is 57.7 Å². The van der Waals surface area contributed by atoms with Crippen LogP contribution in [0.4, 0.5) is 0 Å². The van der Waals surface area contributed by atoms with Crippen molar-refractivity contribution in [2.75, 3.05) is 26.4 Å². The Bertz CT molecular complexity index is 1940. The number of phosphoric acid groups is 8. The van der Waals surface area contributed by atoms with Gasteiger partial charge in [0, 0.05) is 0 Å². The van der Waals surface area contributed by atoms with Crippen LogP contribution >= 0.6 is 62.6 Å². The third kappa shape index (κ3) is 44.1. The summed E-state index contributed by atoms with van der Waals surface area (Å²) in [6, 6.07) is 0. The summed E-state index contributed by atoms with van der Waals surface area (Å²) in [4.78, 5) is 167. The van der Waals surface area contributed by atoms with Crippen LogP contribution in [0.1, 0.15) is 0 Å². The molecule has 0 spiro atoms. The Morgan fingerprint density at radius 1 is 0.280 bits per heavy atom. The second kappa shape index (κ2) is 42.6. The van der Waals surface area contributed by atoms with Gasteiger partial charge in [0.15, 0.2) is 25.1 Å². The van der Waals surface area contributed by atoms with Crippen molar-refractivity contribution < 1.29 is 231 Å². The Kier molecular flexibility index (Phi) is 49.2. The Balaban J connectivity index is -0.000000233. The van der Waals surface area contributed by atoms with E-state index in [1.165, 1.54) is 0 Å². The van der Waals surface area contributed by atoms with E-state index in [-0.39, 0.29) is 101 Å². The zero-order chi connectivity index (χ0) is 64.6. The van der Waals surface area contributed by atoms with E-state index in [4.69, 9.17) is 40.9 Å². The Hall–Kier alpha value is 1.60. The van der Waals surface area contributed by atoms with Crippen LogP contribution in [0, 0.1) is 0 Å². The number of aliphatic hydroxyl groups excluding tert-OH is 16.